The van der Waals surface area contributed by atoms with Crippen molar-refractivity contribution in [3.63, 3.8) is 0 Å². The Kier molecular flexibility index (Phi) is 6.85. The van der Waals surface area contributed by atoms with Gasteiger partial charge in [0.25, 0.3) is 5.91 Å². The van der Waals surface area contributed by atoms with Gasteiger partial charge in [-0.05, 0) is 54.1 Å². The molecular formula is C21H15ClF2N2O2S. The van der Waals surface area contributed by atoms with E-state index in [0.29, 0.717) is 10.7 Å². The van der Waals surface area contributed by atoms with Gasteiger partial charge < -0.3 is 5.32 Å². The quantitative estimate of drug-likeness (QED) is 0.495. The van der Waals surface area contributed by atoms with Gasteiger partial charge in [-0.2, -0.15) is 0 Å². The highest BCUT2D eigenvalue weighted by molar-refractivity contribution is 7.98. The minimum Gasteiger partial charge on any atom is -0.308 e. The fraction of sp³-hybridized carbons (Fsp3) is 0.0476. The maximum absolute atomic E-state index is 13.6. The van der Waals surface area contributed by atoms with Crippen molar-refractivity contribution in [3.8, 4) is 0 Å². The summed E-state index contributed by atoms with van der Waals surface area (Å²) in [5.74, 6) is -2.49. The fourth-order valence-electron chi connectivity index (χ4n) is 2.42. The molecule has 3 aromatic rings. The lowest BCUT2D eigenvalue weighted by atomic mass is 10.2. The van der Waals surface area contributed by atoms with Crippen molar-refractivity contribution in [2.75, 3.05) is 5.32 Å². The maximum atomic E-state index is 13.6. The van der Waals surface area contributed by atoms with Crippen LogP contribution in [0.5, 0.6) is 0 Å². The first-order valence-electron chi connectivity index (χ1n) is 8.46. The predicted molar refractivity (Wildman–Crippen MR) is 110 cm³/mol. The van der Waals surface area contributed by atoms with Crippen molar-refractivity contribution in [2.45, 2.75) is 10.6 Å². The van der Waals surface area contributed by atoms with E-state index < -0.39 is 29.1 Å². The van der Waals surface area contributed by atoms with Gasteiger partial charge in [0.15, 0.2) is 0 Å². The number of hydrogen-bond acceptors (Lipinski definition) is 3. The lowest BCUT2D eigenvalue weighted by molar-refractivity contribution is 0.0959. The SMILES string of the molecule is O=C(NC(=O)c1c(F)cccc1F)Nc1ccc(SCc2ccc(Cl)cc2)cc1. The molecular weight excluding hydrogens is 418 g/mol. The van der Waals surface area contributed by atoms with Gasteiger partial charge in [-0.25, -0.2) is 13.6 Å². The van der Waals surface area contributed by atoms with Crippen molar-refractivity contribution in [3.05, 3.63) is 94.5 Å². The second-order valence-corrected chi connectivity index (χ2v) is 7.43. The summed E-state index contributed by atoms with van der Waals surface area (Å²) in [6, 6.07) is 16.6. The fourth-order valence-corrected chi connectivity index (χ4v) is 3.40. The van der Waals surface area contributed by atoms with Crippen LogP contribution in [0.3, 0.4) is 0 Å². The summed E-state index contributed by atoms with van der Waals surface area (Å²) in [6.45, 7) is 0. The summed E-state index contributed by atoms with van der Waals surface area (Å²) in [5, 5.41) is 5.04. The Bertz CT molecular complexity index is 1010. The average molecular weight is 433 g/mol. The number of urea groups is 1. The third-order valence-corrected chi connectivity index (χ3v) is 5.18. The molecule has 0 bridgehead atoms. The summed E-state index contributed by atoms with van der Waals surface area (Å²) in [6.07, 6.45) is 0. The van der Waals surface area contributed by atoms with Crippen LogP contribution in [0.4, 0.5) is 19.3 Å². The van der Waals surface area contributed by atoms with Gasteiger partial charge in [0, 0.05) is 21.4 Å². The standard InChI is InChI=1S/C21H15ClF2N2O2S/c22-14-6-4-13(5-7-14)12-29-16-10-8-15(9-11-16)25-21(28)26-20(27)19-17(23)2-1-3-18(19)24/h1-11H,12H2,(H2,25,26,27,28). The lowest BCUT2D eigenvalue weighted by Gasteiger charge is -2.09. The molecule has 0 aromatic heterocycles. The van der Waals surface area contributed by atoms with E-state index in [-0.39, 0.29) is 0 Å². The number of rotatable bonds is 5. The van der Waals surface area contributed by atoms with E-state index in [2.05, 4.69) is 5.32 Å². The number of amides is 3. The summed E-state index contributed by atoms with van der Waals surface area (Å²) >= 11 is 7.47. The van der Waals surface area contributed by atoms with Gasteiger partial charge in [0.1, 0.15) is 17.2 Å². The summed E-state index contributed by atoms with van der Waals surface area (Å²) < 4.78 is 27.2. The second kappa shape index (κ2) is 9.54. The Morgan fingerprint density at radius 3 is 2.14 bits per heavy atom. The minimum atomic E-state index is -1.16. The van der Waals surface area contributed by atoms with E-state index in [1.165, 1.54) is 0 Å². The molecule has 148 valence electrons. The molecule has 0 fully saturated rings. The van der Waals surface area contributed by atoms with Gasteiger partial charge in [-0.3, -0.25) is 10.1 Å². The molecule has 0 heterocycles. The molecule has 0 radical (unpaired) electrons. The molecule has 0 saturated carbocycles. The number of hydrogen-bond donors (Lipinski definition) is 2. The molecule has 0 spiro atoms. The van der Waals surface area contributed by atoms with Crippen molar-refractivity contribution >= 4 is 41.0 Å². The van der Waals surface area contributed by atoms with Crippen LogP contribution in [-0.4, -0.2) is 11.9 Å². The normalized spacial score (nSPS) is 10.4. The molecule has 0 aliphatic carbocycles. The molecule has 0 saturated heterocycles. The Balaban J connectivity index is 1.54. The molecule has 29 heavy (non-hydrogen) atoms. The number of thioether (sulfide) groups is 1. The monoisotopic (exact) mass is 432 g/mol. The summed E-state index contributed by atoms with van der Waals surface area (Å²) in [7, 11) is 0. The predicted octanol–water partition coefficient (Wildman–Crippen LogP) is 5.87. The summed E-state index contributed by atoms with van der Waals surface area (Å²) in [4.78, 5) is 24.8. The van der Waals surface area contributed by atoms with Crippen LogP contribution in [0.15, 0.2) is 71.6 Å². The highest BCUT2D eigenvalue weighted by Gasteiger charge is 2.19. The van der Waals surface area contributed by atoms with Crippen molar-refractivity contribution in [2.24, 2.45) is 0 Å². The van der Waals surface area contributed by atoms with Gasteiger partial charge >= 0.3 is 6.03 Å². The van der Waals surface area contributed by atoms with Gasteiger partial charge in [-0.1, -0.05) is 29.8 Å². The van der Waals surface area contributed by atoms with Crippen LogP contribution in [0.1, 0.15) is 15.9 Å². The number of carbonyl (C=O) groups excluding carboxylic acids is 2. The molecule has 0 unspecified atom stereocenters. The van der Waals surface area contributed by atoms with Crippen LogP contribution in [0.25, 0.3) is 0 Å². The Hall–Kier alpha value is -2.90. The van der Waals surface area contributed by atoms with Crippen LogP contribution >= 0.6 is 23.4 Å². The molecule has 2 N–H and O–H groups in total. The molecule has 4 nitrogen and oxygen atoms in total. The van der Waals surface area contributed by atoms with E-state index >= 15 is 0 Å². The molecule has 8 heteroatoms. The third-order valence-electron chi connectivity index (χ3n) is 3.85. The molecule has 3 aromatic carbocycles. The van der Waals surface area contributed by atoms with Crippen molar-refractivity contribution < 1.29 is 18.4 Å². The molecule has 3 rings (SSSR count). The molecule has 0 aliphatic rings. The maximum Gasteiger partial charge on any atom is 0.326 e. The number of anilines is 1. The zero-order valence-electron chi connectivity index (χ0n) is 14.9. The first-order chi connectivity index (χ1) is 13.9. The number of benzene rings is 3. The zero-order chi connectivity index (χ0) is 20.8. The topological polar surface area (TPSA) is 58.2 Å². The van der Waals surface area contributed by atoms with Crippen molar-refractivity contribution in [1.29, 1.82) is 0 Å². The van der Waals surface area contributed by atoms with Gasteiger partial charge in [0.2, 0.25) is 0 Å². The molecule has 0 aliphatic heterocycles. The average Bonchev–Trinajstić information content (AvgIpc) is 2.68. The van der Waals surface area contributed by atoms with E-state index in [4.69, 9.17) is 11.6 Å². The van der Waals surface area contributed by atoms with Crippen molar-refractivity contribution in [1.82, 2.24) is 5.32 Å². The van der Waals surface area contributed by atoms with E-state index in [1.807, 2.05) is 41.7 Å². The Morgan fingerprint density at radius 1 is 0.897 bits per heavy atom. The van der Waals surface area contributed by atoms with E-state index in [0.717, 1.165) is 34.4 Å². The van der Waals surface area contributed by atoms with Crippen LogP contribution < -0.4 is 10.6 Å². The largest absolute Gasteiger partial charge is 0.326 e. The van der Waals surface area contributed by atoms with Gasteiger partial charge in [0.05, 0.1) is 0 Å². The highest BCUT2D eigenvalue weighted by atomic mass is 35.5. The zero-order valence-corrected chi connectivity index (χ0v) is 16.5. The van der Waals surface area contributed by atoms with Gasteiger partial charge in [-0.15, -0.1) is 11.8 Å². The first kappa shape index (κ1) is 20.8. The van der Waals surface area contributed by atoms with Crippen LogP contribution in [0, 0.1) is 11.6 Å². The van der Waals surface area contributed by atoms with E-state index in [1.54, 1.807) is 23.9 Å². The minimum absolute atomic E-state index is 0.431. The Labute approximate surface area is 175 Å². The van der Waals surface area contributed by atoms with Crippen LogP contribution in [-0.2, 0) is 5.75 Å². The lowest BCUT2D eigenvalue weighted by Crippen LogP contribution is -2.35. The number of halogens is 3. The first-order valence-corrected chi connectivity index (χ1v) is 9.82. The van der Waals surface area contributed by atoms with Crippen LogP contribution in [0.2, 0.25) is 5.02 Å². The smallest absolute Gasteiger partial charge is 0.308 e. The third kappa shape index (κ3) is 5.79. The number of carbonyl (C=O) groups is 2. The highest BCUT2D eigenvalue weighted by Crippen LogP contribution is 2.25. The van der Waals surface area contributed by atoms with E-state index in [9.17, 15) is 18.4 Å². The molecule has 3 amide bonds. The number of imide groups is 1. The summed E-state index contributed by atoms with van der Waals surface area (Å²) in [5.41, 5.74) is 0.747. The number of nitrogens with one attached hydrogen (secondary N) is 2. The Morgan fingerprint density at radius 2 is 1.52 bits per heavy atom. The molecule has 0 atom stereocenters. The second-order valence-electron chi connectivity index (χ2n) is 5.94.